The van der Waals surface area contributed by atoms with Gasteiger partial charge in [0.15, 0.2) is 0 Å². The van der Waals surface area contributed by atoms with Crippen molar-refractivity contribution in [3.63, 3.8) is 0 Å². The predicted molar refractivity (Wildman–Crippen MR) is 37.9 cm³/mol. The molecule has 11 heavy (non-hydrogen) atoms. The fourth-order valence-corrected chi connectivity index (χ4v) is 0.592. The average molecular weight is 160 g/mol. The molecule has 0 N–H and O–H groups in total. The summed E-state index contributed by atoms with van der Waals surface area (Å²) in [6, 6.07) is 0. The van der Waals surface area contributed by atoms with E-state index in [9.17, 15) is 9.59 Å². The first-order chi connectivity index (χ1) is 5.02. The second-order valence-corrected chi connectivity index (χ2v) is 2.73. The van der Waals surface area contributed by atoms with Gasteiger partial charge in [0.1, 0.15) is 5.60 Å². The van der Waals surface area contributed by atoms with Crippen LogP contribution in [0.3, 0.4) is 0 Å². The SMILES string of the molecule is COC(=O)CC(C)(C)OC=O. The van der Waals surface area contributed by atoms with Crippen molar-refractivity contribution >= 4 is 12.4 Å². The van der Waals surface area contributed by atoms with Gasteiger partial charge in [0.2, 0.25) is 0 Å². The van der Waals surface area contributed by atoms with Crippen molar-refractivity contribution in [3.05, 3.63) is 0 Å². The molecule has 0 aliphatic rings. The van der Waals surface area contributed by atoms with Gasteiger partial charge in [-0.25, -0.2) is 0 Å². The van der Waals surface area contributed by atoms with Crippen LogP contribution in [0.25, 0.3) is 0 Å². The molecule has 0 aromatic rings. The molecule has 0 unspecified atom stereocenters. The molecule has 0 aliphatic heterocycles. The van der Waals surface area contributed by atoms with E-state index in [-0.39, 0.29) is 6.42 Å². The van der Waals surface area contributed by atoms with E-state index in [0.717, 1.165) is 0 Å². The molecule has 0 spiro atoms. The van der Waals surface area contributed by atoms with Crippen molar-refractivity contribution in [2.45, 2.75) is 25.9 Å². The molecule has 64 valence electrons. The molecule has 0 saturated heterocycles. The number of hydrogen-bond acceptors (Lipinski definition) is 4. The van der Waals surface area contributed by atoms with Crippen LogP contribution in [0.4, 0.5) is 0 Å². The summed E-state index contributed by atoms with van der Waals surface area (Å²) in [7, 11) is 1.29. The Hall–Kier alpha value is -1.06. The molecule has 0 bridgehead atoms. The Morgan fingerprint density at radius 3 is 2.45 bits per heavy atom. The molecular formula is C7H12O4. The number of esters is 1. The summed E-state index contributed by atoms with van der Waals surface area (Å²) in [6.07, 6.45) is 0.0717. The summed E-state index contributed by atoms with van der Waals surface area (Å²) in [5, 5.41) is 0. The zero-order chi connectivity index (χ0) is 8.91. The standard InChI is InChI=1S/C7H12O4/c1-7(2,11-5-8)4-6(9)10-3/h5H,4H2,1-3H3. The van der Waals surface area contributed by atoms with E-state index < -0.39 is 11.6 Å². The van der Waals surface area contributed by atoms with Gasteiger partial charge in [0, 0.05) is 0 Å². The Morgan fingerprint density at radius 2 is 2.09 bits per heavy atom. The molecule has 0 amide bonds. The van der Waals surface area contributed by atoms with E-state index in [1.54, 1.807) is 13.8 Å². The monoisotopic (exact) mass is 160 g/mol. The van der Waals surface area contributed by atoms with Gasteiger partial charge in [-0.1, -0.05) is 0 Å². The Kier molecular flexibility index (Phi) is 3.57. The topological polar surface area (TPSA) is 52.6 Å². The maximum Gasteiger partial charge on any atom is 0.309 e. The summed E-state index contributed by atoms with van der Waals surface area (Å²) in [4.78, 5) is 20.6. The second-order valence-electron chi connectivity index (χ2n) is 2.73. The van der Waals surface area contributed by atoms with E-state index in [2.05, 4.69) is 9.47 Å². The summed E-state index contributed by atoms with van der Waals surface area (Å²) >= 11 is 0. The highest BCUT2D eigenvalue weighted by Crippen LogP contribution is 2.13. The summed E-state index contributed by atoms with van der Waals surface area (Å²) in [5.41, 5.74) is -0.769. The zero-order valence-electron chi connectivity index (χ0n) is 6.92. The maximum absolute atomic E-state index is 10.7. The molecule has 4 nitrogen and oxygen atoms in total. The minimum absolute atomic E-state index is 0.0717. The molecule has 0 radical (unpaired) electrons. The molecule has 0 aliphatic carbocycles. The van der Waals surface area contributed by atoms with E-state index >= 15 is 0 Å². The van der Waals surface area contributed by atoms with Crippen LogP contribution in [0.15, 0.2) is 0 Å². The van der Waals surface area contributed by atoms with Gasteiger partial charge >= 0.3 is 5.97 Å². The molecular weight excluding hydrogens is 148 g/mol. The van der Waals surface area contributed by atoms with Crippen molar-refractivity contribution in [2.24, 2.45) is 0 Å². The number of rotatable bonds is 4. The highest BCUT2D eigenvalue weighted by Gasteiger charge is 2.23. The molecule has 0 fully saturated rings. The van der Waals surface area contributed by atoms with Gasteiger partial charge in [-0.2, -0.15) is 0 Å². The molecule has 0 atom stereocenters. The van der Waals surface area contributed by atoms with E-state index in [0.29, 0.717) is 6.47 Å². The summed E-state index contributed by atoms with van der Waals surface area (Å²) in [6.45, 7) is 3.60. The van der Waals surface area contributed by atoms with Crippen LogP contribution in [0.1, 0.15) is 20.3 Å². The number of ether oxygens (including phenoxy) is 2. The van der Waals surface area contributed by atoms with E-state index in [1.165, 1.54) is 7.11 Å². The Labute approximate surface area is 65.5 Å². The maximum atomic E-state index is 10.7. The Balaban J connectivity index is 3.89. The molecule has 0 heterocycles. The number of carbonyl (C=O) groups excluding carboxylic acids is 2. The fourth-order valence-electron chi connectivity index (χ4n) is 0.592. The third kappa shape index (κ3) is 4.36. The largest absolute Gasteiger partial charge is 0.469 e. The lowest BCUT2D eigenvalue weighted by Crippen LogP contribution is -2.27. The third-order valence-corrected chi connectivity index (χ3v) is 1.16. The highest BCUT2D eigenvalue weighted by molar-refractivity contribution is 5.70. The minimum Gasteiger partial charge on any atom is -0.469 e. The second kappa shape index (κ2) is 3.95. The predicted octanol–water partition coefficient (Wildman–Crippen LogP) is 0.501. The number of hydrogen-bond donors (Lipinski definition) is 0. The summed E-state index contributed by atoms with van der Waals surface area (Å²) in [5.74, 6) is -0.392. The van der Waals surface area contributed by atoms with Crippen molar-refractivity contribution < 1.29 is 19.1 Å². The van der Waals surface area contributed by atoms with Gasteiger partial charge < -0.3 is 9.47 Å². The van der Waals surface area contributed by atoms with Gasteiger partial charge in [-0.15, -0.1) is 0 Å². The van der Waals surface area contributed by atoms with Crippen LogP contribution in [-0.4, -0.2) is 25.2 Å². The van der Waals surface area contributed by atoms with Crippen molar-refractivity contribution in [1.29, 1.82) is 0 Å². The minimum atomic E-state index is -0.769. The van der Waals surface area contributed by atoms with Crippen LogP contribution in [0.2, 0.25) is 0 Å². The third-order valence-electron chi connectivity index (χ3n) is 1.16. The molecule has 4 heteroatoms. The van der Waals surface area contributed by atoms with Crippen LogP contribution in [0.5, 0.6) is 0 Å². The van der Waals surface area contributed by atoms with Gasteiger partial charge in [-0.3, -0.25) is 9.59 Å². The normalized spacial score (nSPS) is 10.5. The Morgan fingerprint density at radius 1 is 1.55 bits per heavy atom. The van der Waals surface area contributed by atoms with Gasteiger partial charge in [0.05, 0.1) is 13.5 Å². The van der Waals surface area contributed by atoms with Crippen LogP contribution >= 0.6 is 0 Å². The Bertz CT molecular complexity index is 151. The molecule has 0 aromatic heterocycles. The van der Waals surface area contributed by atoms with E-state index in [1.807, 2.05) is 0 Å². The van der Waals surface area contributed by atoms with Crippen molar-refractivity contribution in [2.75, 3.05) is 7.11 Å². The van der Waals surface area contributed by atoms with Gasteiger partial charge in [-0.05, 0) is 13.8 Å². The van der Waals surface area contributed by atoms with Crippen molar-refractivity contribution in [1.82, 2.24) is 0 Å². The molecule has 0 rings (SSSR count). The summed E-state index contributed by atoms with van der Waals surface area (Å²) < 4.78 is 9.02. The van der Waals surface area contributed by atoms with Crippen LogP contribution in [-0.2, 0) is 19.1 Å². The lowest BCUT2D eigenvalue weighted by Gasteiger charge is -2.20. The molecule has 0 saturated carbocycles. The zero-order valence-corrected chi connectivity index (χ0v) is 6.92. The highest BCUT2D eigenvalue weighted by atomic mass is 16.5. The average Bonchev–Trinajstić information content (AvgIpc) is 1.86. The first-order valence-corrected chi connectivity index (χ1v) is 3.20. The quantitative estimate of drug-likeness (QED) is 0.444. The van der Waals surface area contributed by atoms with Crippen LogP contribution < -0.4 is 0 Å². The lowest BCUT2D eigenvalue weighted by atomic mass is 10.1. The van der Waals surface area contributed by atoms with Gasteiger partial charge in [0.25, 0.3) is 6.47 Å². The smallest absolute Gasteiger partial charge is 0.309 e. The first kappa shape index (κ1) is 9.94. The lowest BCUT2D eigenvalue weighted by molar-refractivity contribution is -0.152. The van der Waals surface area contributed by atoms with E-state index in [4.69, 9.17) is 0 Å². The number of carbonyl (C=O) groups is 2. The first-order valence-electron chi connectivity index (χ1n) is 3.20. The van der Waals surface area contributed by atoms with Crippen molar-refractivity contribution in [3.8, 4) is 0 Å². The number of methoxy groups -OCH3 is 1. The molecule has 0 aromatic carbocycles. The fraction of sp³-hybridized carbons (Fsp3) is 0.714. The van der Waals surface area contributed by atoms with Crippen LogP contribution in [0, 0.1) is 0 Å².